The second-order valence-electron chi connectivity index (χ2n) is 4.43. The van der Waals surface area contributed by atoms with Crippen LogP contribution in [0.2, 0.25) is 0 Å². The van der Waals surface area contributed by atoms with Gasteiger partial charge in [-0.1, -0.05) is 5.11 Å². The normalized spacial score (nSPS) is 29.1. The number of aryl methyl sites for hydroxylation is 1. The van der Waals surface area contributed by atoms with E-state index in [9.17, 15) is 15.0 Å². The smallest absolute Gasteiger partial charge is 0.351 e. The van der Waals surface area contributed by atoms with Crippen LogP contribution < -0.4 is 11.4 Å². The predicted octanol–water partition coefficient (Wildman–Crippen LogP) is -0.937. The maximum Gasteiger partial charge on any atom is 0.351 e. The van der Waals surface area contributed by atoms with Crippen LogP contribution in [0.25, 0.3) is 10.4 Å². The number of nitrogens with zero attached hydrogens (tertiary/aromatic N) is 5. The molecule has 1 aromatic rings. The molecule has 4 atom stereocenters. The minimum atomic E-state index is -1.27. The Kier molecular flexibility index (Phi) is 3.91. The Morgan fingerprint density at radius 3 is 3.00 bits per heavy atom. The molecule has 108 valence electrons. The molecule has 1 aliphatic heterocycles. The zero-order valence-electron chi connectivity index (χ0n) is 10.6. The third-order valence-electron chi connectivity index (χ3n) is 3.15. The molecule has 0 aliphatic carbocycles. The van der Waals surface area contributed by atoms with Crippen molar-refractivity contribution in [3.8, 4) is 0 Å². The molecule has 2 unspecified atom stereocenters. The molecule has 20 heavy (non-hydrogen) atoms. The molecular weight excluding hydrogens is 268 g/mol. The van der Waals surface area contributed by atoms with Crippen molar-refractivity contribution in [2.24, 2.45) is 5.11 Å². The van der Waals surface area contributed by atoms with Gasteiger partial charge >= 0.3 is 5.69 Å². The molecule has 1 aliphatic rings. The van der Waals surface area contributed by atoms with Gasteiger partial charge in [-0.2, -0.15) is 4.98 Å². The lowest BCUT2D eigenvalue weighted by molar-refractivity contribution is -0.0531. The SMILES string of the molecule is Cc1cn([C@@H]2O[C@H](CO)C(N=[N+]=[N-])C2O)c(=O)nc1N. The zero-order chi connectivity index (χ0) is 14.9. The van der Waals surface area contributed by atoms with Crippen molar-refractivity contribution in [2.45, 2.75) is 31.4 Å². The van der Waals surface area contributed by atoms with E-state index in [1.54, 1.807) is 6.92 Å². The summed E-state index contributed by atoms with van der Waals surface area (Å²) in [5.74, 6) is 0.0871. The number of azide groups is 1. The zero-order valence-corrected chi connectivity index (χ0v) is 10.6. The van der Waals surface area contributed by atoms with Crippen molar-refractivity contribution in [1.82, 2.24) is 9.55 Å². The lowest BCUT2D eigenvalue weighted by Gasteiger charge is -2.18. The molecule has 0 amide bonds. The van der Waals surface area contributed by atoms with Gasteiger partial charge in [0.05, 0.1) is 18.8 Å². The standard InChI is InChI=1S/C10H14N6O4/c1-4-2-16(10(19)13-8(4)11)9-7(18)6(14-15-12)5(3-17)20-9/h2,5-7,9,17-18H,3H2,1H3,(H2,11,13,19)/t5-,6?,7?,9-/m1/s1. The van der Waals surface area contributed by atoms with Gasteiger partial charge in [0.15, 0.2) is 6.23 Å². The first kappa shape index (κ1) is 14.3. The Bertz CT molecular complexity index is 610. The number of rotatable bonds is 3. The van der Waals surface area contributed by atoms with Crippen LogP contribution in [0, 0.1) is 6.92 Å². The molecule has 0 radical (unpaired) electrons. The third-order valence-corrected chi connectivity index (χ3v) is 3.15. The van der Waals surface area contributed by atoms with Gasteiger partial charge in [-0.05, 0) is 12.5 Å². The summed E-state index contributed by atoms with van der Waals surface area (Å²) in [6, 6.07) is -0.986. The number of aromatic nitrogens is 2. The number of hydrogen-bond donors (Lipinski definition) is 3. The van der Waals surface area contributed by atoms with Crippen LogP contribution in [-0.4, -0.2) is 44.6 Å². The van der Waals surface area contributed by atoms with E-state index in [4.69, 9.17) is 16.0 Å². The van der Waals surface area contributed by atoms with Crippen LogP contribution in [0.5, 0.6) is 0 Å². The second kappa shape index (κ2) is 5.47. The van der Waals surface area contributed by atoms with Crippen molar-refractivity contribution in [3.05, 3.63) is 32.7 Å². The number of aliphatic hydroxyl groups excluding tert-OH is 2. The largest absolute Gasteiger partial charge is 0.394 e. The molecule has 0 aromatic carbocycles. The van der Waals surface area contributed by atoms with Crippen molar-refractivity contribution in [2.75, 3.05) is 12.3 Å². The fourth-order valence-electron chi connectivity index (χ4n) is 2.07. The van der Waals surface area contributed by atoms with Gasteiger partial charge in [-0.15, -0.1) is 0 Å². The average Bonchev–Trinajstić information content (AvgIpc) is 2.72. The molecule has 1 saturated heterocycles. The molecule has 2 heterocycles. The summed E-state index contributed by atoms with van der Waals surface area (Å²) >= 11 is 0. The summed E-state index contributed by atoms with van der Waals surface area (Å²) in [5, 5.41) is 22.7. The van der Waals surface area contributed by atoms with E-state index in [1.165, 1.54) is 6.20 Å². The monoisotopic (exact) mass is 282 g/mol. The Balaban J connectivity index is 2.41. The quantitative estimate of drug-likeness (QED) is 0.368. The van der Waals surface area contributed by atoms with E-state index in [-0.39, 0.29) is 5.82 Å². The van der Waals surface area contributed by atoms with Gasteiger partial charge in [-0.25, -0.2) is 4.79 Å². The first-order chi connectivity index (χ1) is 9.49. The first-order valence-electron chi connectivity index (χ1n) is 5.83. The van der Waals surface area contributed by atoms with Gasteiger partial charge in [-0.3, -0.25) is 4.57 Å². The fraction of sp³-hybridized carbons (Fsp3) is 0.600. The van der Waals surface area contributed by atoms with Gasteiger partial charge in [0.2, 0.25) is 0 Å². The van der Waals surface area contributed by atoms with E-state index in [2.05, 4.69) is 15.0 Å². The summed E-state index contributed by atoms with van der Waals surface area (Å²) in [6.07, 6.45) is -1.87. The topological polar surface area (TPSA) is 159 Å². The third kappa shape index (κ3) is 2.32. The Hall–Kier alpha value is -2.13. The highest BCUT2D eigenvalue weighted by atomic mass is 16.5. The van der Waals surface area contributed by atoms with Gasteiger partial charge in [0.1, 0.15) is 11.9 Å². The van der Waals surface area contributed by atoms with E-state index >= 15 is 0 Å². The van der Waals surface area contributed by atoms with Crippen LogP contribution in [0.3, 0.4) is 0 Å². The minimum Gasteiger partial charge on any atom is -0.394 e. The number of aliphatic hydroxyl groups is 2. The first-order valence-corrected chi connectivity index (χ1v) is 5.83. The number of nitrogen functional groups attached to an aromatic ring is 1. The summed E-state index contributed by atoms with van der Waals surface area (Å²) in [4.78, 5) is 18.0. The van der Waals surface area contributed by atoms with Crippen molar-refractivity contribution >= 4 is 5.82 Å². The van der Waals surface area contributed by atoms with E-state index in [0.29, 0.717) is 5.56 Å². The molecular formula is C10H14N6O4. The van der Waals surface area contributed by atoms with Crippen molar-refractivity contribution < 1.29 is 14.9 Å². The predicted molar refractivity (Wildman–Crippen MR) is 67.6 cm³/mol. The fourth-order valence-corrected chi connectivity index (χ4v) is 2.07. The molecule has 0 saturated carbocycles. The molecule has 4 N–H and O–H groups in total. The average molecular weight is 282 g/mol. The molecule has 2 rings (SSSR count). The van der Waals surface area contributed by atoms with Crippen LogP contribution in [0.15, 0.2) is 16.1 Å². The minimum absolute atomic E-state index is 0.0871. The van der Waals surface area contributed by atoms with E-state index in [0.717, 1.165) is 4.57 Å². The lowest BCUT2D eigenvalue weighted by atomic mass is 10.1. The van der Waals surface area contributed by atoms with Crippen molar-refractivity contribution in [3.63, 3.8) is 0 Å². The maximum absolute atomic E-state index is 11.8. The van der Waals surface area contributed by atoms with Crippen LogP contribution in [0.1, 0.15) is 11.8 Å². The molecule has 0 spiro atoms. The van der Waals surface area contributed by atoms with E-state index < -0.39 is 36.8 Å². The van der Waals surface area contributed by atoms with E-state index in [1.807, 2.05) is 0 Å². The van der Waals surface area contributed by atoms with Gasteiger partial charge in [0, 0.05) is 16.7 Å². The number of hydrogen-bond acceptors (Lipinski definition) is 7. The van der Waals surface area contributed by atoms with Crippen molar-refractivity contribution in [1.29, 1.82) is 0 Å². The lowest BCUT2D eigenvalue weighted by Crippen LogP contribution is -2.35. The van der Waals surface area contributed by atoms with Gasteiger partial charge < -0.3 is 20.7 Å². The summed E-state index contributed by atoms with van der Waals surface area (Å²) < 4.78 is 6.43. The summed E-state index contributed by atoms with van der Waals surface area (Å²) in [7, 11) is 0. The highest BCUT2D eigenvalue weighted by Crippen LogP contribution is 2.30. The Morgan fingerprint density at radius 2 is 2.40 bits per heavy atom. The number of ether oxygens (including phenoxy) is 1. The van der Waals surface area contributed by atoms with Crippen LogP contribution in [0.4, 0.5) is 5.82 Å². The highest BCUT2D eigenvalue weighted by Gasteiger charge is 2.44. The molecule has 1 aromatic heterocycles. The molecule has 0 bridgehead atoms. The molecule has 10 heteroatoms. The van der Waals surface area contributed by atoms with Gasteiger partial charge in [0.25, 0.3) is 0 Å². The highest BCUT2D eigenvalue weighted by molar-refractivity contribution is 5.35. The second-order valence-corrected chi connectivity index (χ2v) is 4.43. The maximum atomic E-state index is 11.8. The molecule has 10 nitrogen and oxygen atoms in total. The summed E-state index contributed by atoms with van der Waals surface area (Å²) in [6.45, 7) is 1.20. The number of nitrogens with two attached hydrogens (primary N) is 1. The van der Waals surface area contributed by atoms with Crippen LogP contribution >= 0.6 is 0 Å². The molecule has 1 fully saturated rings. The Labute approximate surface area is 113 Å². The Morgan fingerprint density at radius 1 is 1.70 bits per heavy atom. The summed E-state index contributed by atoms with van der Waals surface area (Å²) in [5.41, 5.74) is 13.8. The number of anilines is 1. The van der Waals surface area contributed by atoms with Crippen LogP contribution in [-0.2, 0) is 4.74 Å².